The summed E-state index contributed by atoms with van der Waals surface area (Å²) in [5.74, 6) is 2.94. The van der Waals surface area contributed by atoms with E-state index >= 15 is 0 Å². The van der Waals surface area contributed by atoms with Crippen LogP contribution in [0.2, 0.25) is 0 Å². The van der Waals surface area contributed by atoms with Crippen LogP contribution < -0.4 is 4.74 Å². The minimum Gasteiger partial charge on any atom is -0.490 e. The zero-order chi connectivity index (χ0) is 16.5. The van der Waals surface area contributed by atoms with Crippen molar-refractivity contribution in [3.05, 3.63) is 29.8 Å². The van der Waals surface area contributed by atoms with Crippen LogP contribution in [0.15, 0.2) is 24.3 Å². The van der Waals surface area contributed by atoms with Gasteiger partial charge in [0.25, 0.3) is 0 Å². The van der Waals surface area contributed by atoms with Gasteiger partial charge >= 0.3 is 0 Å². The lowest BCUT2D eigenvalue weighted by Crippen LogP contribution is -2.42. The summed E-state index contributed by atoms with van der Waals surface area (Å²) in [6.45, 7) is 1.63. The number of hydrogen-bond acceptors (Lipinski definition) is 3. The first kappa shape index (κ1) is 15.5. The molecule has 1 aromatic carbocycles. The molecule has 1 aliphatic heterocycles. The Morgan fingerprint density at radius 3 is 2.25 bits per heavy atom. The van der Waals surface area contributed by atoms with Gasteiger partial charge in [-0.05, 0) is 48.9 Å². The van der Waals surface area contributed by atoms with Crippen molar-refractivity contribution >= 4 is 5.91 Å². The molecule has 0 spiro atoms. The summed E-state index contributed by atoms with van der Waals surface area (Å²) in [4.78, 5) is 14.8. The van der Waals surface area contributed by atoms with E-state index in [1.165, 1.54) is 25.7 Å². The van der Waals surface area contributed by atoms with Crippen LogP contribution in [-0.4, -0.2) is 30.0 Å². The van der Waals surface area contributed by atoms with E-state index in [0.29, 0.717) is 29.2 Å². The van der Waals surface area contributed by atoms with Crippen molar-refractivity contribution in [2.75, 3.05) is 13.1 Å². The molecule has 2 atom stereocenters. The lowest BCUT2D eigenvalue weighted by Gasteiger charge is -2.32. The molecule has 0 unspecified atom stereocenters. The van der Waals surface area contributed by atoms with Gasteiger partial charge in [0, 0.05) is 31.8 Å². The molecular formula is C20H24N2O2. The second-order valence-corrected chi connectivity index (χ2v) is 7.42. The average Bonchev–Trinajstić information content (AvgIpc) is 3.37. The number of carbonyl (C=O) groups is 1. The van der Waals surface area contributed by atoms with Gasteiger partial charge in [-0.15, -0.1) is 0 Å². The summed E-state index contributed by atoms with van der Waals surface area (Å²) in [7, 11) is 0. The number of rotatable bonds is 3. The molecule has 0 bridgehead atoms. The van der Waals surface area contributed by atoms with Crippen LogP contribution in [0.5, 0.6) is 5.75 Å². The molecule has 0 aromatic heterocycles. The highest BCUT2D eigenvalue weighted by molar-refractivity contribution is 5.82. The van der Waals surface area contributed by atoms with Crippen molar-refractivity contribution in [1.29, 1.82) is 5.26 Å². The summed E-state index contributed by atoms with van der Waals surface area (Å²) >= 11 is 0. The molecule has 0 radical (unpaired) electrons. The summed E-state index contributed by atoms with van der Waals surface area (Å²) in [5.41, 5.74) is 0.647. The van der Waals surface area contributed by atoms with Crippen molar-refractivity contribution in [3.63, 3.8) is 0 Å². The zero-order valence-corrected chi connectivity index (χ0v) is 14.0. The maximum atomic E-state index is 12.7. The summed E-state index contributed by atoms with van der Waals surface area (Å²) in [6, 6.07) is 9.38. The molecule has 2 saturated carbocycles. The van der Waals surface area contributed by atoms with E-state index < -0.39 is 0 Å². The average molecular weight is 324 g/mol. The summed E-state index contributed by atoms with van der Waals surface area (Å²) in [5, 5.41) is 8.83. The highest BCUT2D eigenvalue weighted by Gasteiger charge is 2.55. The van der Waals surface area contributed by atoms with Crippen LogP contribution >= 0.6 is 0 Å². The molecule has 24 heavy (non-hydrogen) atoms. The molecule has 3 fully saturated rings. The molecule has 1 amide bonds. The fraction of sp³-hybridized carbons (Fsp3) is 0.600. The number of fused-ring (bicyclic) bond motifs is 1. The third-order valence-corrected chi connectivity index (χ3v) is 5.98. The number of carbonyl (C=O) groups excluding carboxylic acids is 1. The van der Waals surface area contributed by atoms with E-state index in [0.717, 1.165) is 31.7 Å². The van der Waals surface area contributed by atoms with Crippen molar-refractivity contribution in [2.45, 2.75) is 44.6 Å². The molecule has 1 heterocycles. The number of hydrogen-bond donors (Lipinski definition) is 0. The topological polar surface area (TPSA) is 53.3 Å². The predicted octanol–water partition coefficient (Wildman–Crippen LogP) is 3.36. The number of amides is 1. The molecular weight excluding hydrogens is 300 g/mol. The number of nitrogens with zero attached hydrogens (tertiary/aromatic N) is 2. The Morgan fingerprint density at radius 2 is 1.67 bits per heavy atom. The van der Waals surface area contributed by atoms with Crippen molar-refractivity contribution in [1.82, 2.24) is 4.90 Å². The Bertz CT molecular complexity index is 629. The van der Waals surface area contributed by atoms with Gasteiger partial charge in [0.15, 0.2) is 0 Å². The van der Waals surface area contributed by atoms with Gasteiger partial charge in [0.2, 0.25) is 5.91 Å². The standard InChI is InChI=1S/C20H24N2O2/c21-13-14-5-7-15(8-6-14)24-16-9-11-22(12-10-16)20(23)19-17-3-1-2-4-18(17)19/h5-8,16-19H,1-4,9-12H2/t17-,18-/m1/s1. The van der Waals surface area contributed by atoms with E-state index in [-0.39, 0.29) is 6.10 Å². The Labute approximate surface area is 143 Å². The van der Waals surface area contributed by atoms with Crippen LogP contribution in [-0.2, 0) is 4.79 Å². The summed E-state index contributed by atoms with van der Waals surface area (Å²) in [6.07, 6.45) is 7.11. The Hall–Kier alpha value is -2.02. The highest BCUT2D eigenvalue weighted by atomic mass is 16.5. The van der Waals surface area contributed by atoms with E-state index in [1.54, 1.807) is 12.1 Å². The Balaban J connectivity index is 1.27. The third-order valence-electron chi connectivity index (χ3n) is 5.98. The van der Waals surface area contributed by atoms with Crippen LogP contribution in [0.3, 0.4) is 0 Å². The van der Waals surface area contributed by atoms with Crippen molar-refractivity contribution < 1.29 is 9.53 Å². The maximum absolute atomic E-state index is 12.7. The molecule has 3 aliphatic rings. The van der Waals surface area contributed by atoms with E-state index in [4.69, 9.17) is 10.00 Å². The maximum Gasteiger partial charge on any atom is 0.226 e. The molecule has 4 rings (SSSR count). The Kier molecular flexibility index (Phi) is 4.18. The van der Waals surface area contributed by atoms with E-state index in [9.17, 15) is 4.79 Å². The number of nitriles is 1. The molecule has 2 aliphatic carbocycles. The molecule has 4 heteroatoms. The van der Waals surface area contributed by atoms with Gasteiger partial charge in [-0.2, -0.15) is 5.26 Å². The number of piperidine rings is 1. The first-order valence-electron chi connectivity index (χ1n) is 9.22. The zero-order valence-electron chi connectivity index (χ0n) is 14.0. The van der Waals surface area contributed by atoms with Gasteiger partial charge in [-0.1, -0.05) is 12.8 Å². The fourth-order valence-corrected chi connectivity index (χ4v) is 4.56. The minimum atomic E-state index is 0.170. The molecule has 126 valence electrons. The van der Waals surface area contributed by atoms with Crippen molar-refractivity contribution in [2.24, 2.45) is 17.8 Å². The first-order valence-corrected chi connectivity index (χ1v) is 9.22. The van der Waals surface area contributed by atoms with Gasteiger partial charge in [-0.25, -0.2) is 0 Å². The smallest absolute Gasteiger partial charge is 0.226 e. The fourth-order valence-electron chi connectivity index (χ4n) is 4.56. The quantitative estimate of drug-likeness (QED) is 0.856. The van der Waals surface area contributed by atoms with E-state index in [2.05, 4.69) is 11.0 Å². The highest BCUT2D eigenvalue weighted by Crippen LogP contribution is 2.56. The summed E-state index contributed by atoms with van der Waals surface area (Å²) < 4.78 is 6.01. The van der Waals surface area contributed by atoms with Gasteiger partial charge in [0.1, 0.15) is 11.9 Å². The van der Waals surface area contributed by atoms with Gasteiger partial charge in [-0.3, -0.25) is 4.79 Å². The SMILES string of the molecule is N#Cc1ccc(OC2CCN(C(=O)C3[C@@H]4CCCC[C@@H]34)CC2)cc1. The first-order chi connectivity index (χ1) is 11.8. The number of likely N-dealkylation sites (tertiary alicyclic amines) is 1. The minimum absolute atomic E-state index is 0.170. The molecule has 0 N–H and O–H groups in total. The normalized spacial score (nSPS) is 29.5. The largest absolute Gasteiger partial charge is 0.490 e. The Morgan fingerprint density at radius 1 is 1.04 bits per heavy atom. The lowest BCUT2D eigenvalue weighted by atomic mass is 10.0. The second-order valence-electron chi connectivity index (χ2n) is 7.42. The third kappa shape index (κ3) is 3.00. The predicted molar refractivity (Wildman–Crippen MR) is 90.3 cm³/mol. The van der Waals surface area contributed by atoms with Gasteiger partial charge < -0.3 is 9.64 Å². The van der Waals surface area contributed by atoms with Crippen molar-refractivity contribution in [3.8, 4) is 11.8 Å². The van der Waals surface area contributed by atoms with Crippen LogP contribution in [0, 0.1) is 29.1 Å². The molecule has 1 saturated heterocycles. The molecule has 4 nitrogen and oxygen atoms in total. The monoisotopic (exact) mass is 324 g/mol. The lowest BCUT2D eigenvalue weighted by molar-refractivity contribution is -0.135. The number of benzene rings is 1. The number of ether oxygens (including phenoxy) is 1. The van der Waals surface area contributed by atoms with Gasteiger partial charge in [0.05, 0.1) is 11.6 Å². The van der Waals surface area contributed by atoms with E-state index in [1.807, 2.05) is 12.1 Å². The molecule has 1 aromatic rings. The van der Waals surface area contributed by atoms with Crippen LogP contribution in [0.1, 0.15) is 44.1 Å². The van der Waals surface area contributed by atoms with Crippen LogP contribution in [0.4, 0.5) is 0 Å². The second kappa shape index (κ2) is 6.47. The van der Waals surface area contributed by atoms with Crippen LogP contribution in [0.25, 0.3) is 0 Å².